The molecular formula is C25H24N4O2. The summed E-state index contributed by atoms with van der Waals surface area (Å²) in [5.41, 5.74) is 6.59. The second-order valence-electron chi connectivity index (χ2n) is 7.86. The quantitative estimate of drug-likeness (QED) is 0.494. The molecule has 31 heavy (non-hydrogen) atoms. The summed E-state index contributed by atoms with van der Waals surface area (Å²) in [5.74, 6) is 0.860. The Balaban J connectivity index is 1.42. The number of nitrogens with zero attached hydrogens (tertiary/aromatic N) is 3. The SMILES string of the molecule is CC(=O)c1ccc(-c2ccnc3[nH]c(-c4ccc(CN5CCOCC5)cc4)nc23)cc1. The van der Waals surface area contributed by atoms with E-state index in [0.717, 1.165) is 66.5 Å². The molecule has 0 atom stereocenters. The van der Waals surface area contributed by atoms with Gasteiger partial charge in [-0.15, -0.1) is 0 Å². The fourth-order valence-corrected chi connectivity index (χ4v) is 3.95. The lowest BCUT2D eigenvalue weighted by Gasteiger charge is -2.26. The van der Waals surface area contributed by atoms with E-state index in [-0.39, 0.29) is 5.78 Å². The molecule has 156 valence electrons. The van der Waals surface area contributed by atoms with Gasteiger partial charge in [0.2, 0.25) is 0 Å². The Kier molecular flexibility index (Phi) is 5.32. The van der Waals surface area contributed by atoms with Gasteiger partial charge in [-0.25, -0.2) is 9.97 Å². The molecule has 0 amide bonds. The van der Waals surface area contributed by atoms with Crippen LogP contribution in [0.4, 0.5) is 0 Å². The van der Waals surface area contributed by atoms with Crippen molar-refractivity contribution in [2.45, 2.75) is 13.5 Å². The average molecular weight is 412 g/mol. The number of rotatable bonds is 5. The number of carbonyl (C=O) groups excluding carboxylic acids is 1. The molecule has 2 aromatic heterocycles. The molecule has 1 N–H and O–H groups in total. The van der Waals surface area contributed by atoms with E-state index in [4.69, 9.17) is 9.72 Å². The van der Waals surface area contributed by atoms with Gasteiger partial charge in [0.1, 0.15) is 11.3 Å². The third-order valence-electron chi connectivity index (χ3n) is 5.72. The number of ketones is 1. The first-order valence-corrected chi connectivity index (χ1v) is 10.5. The summed E-state index contributed by atoms with van der Waals surface area (Å²) in [6.07, 6.45) is 1.78. The summed E-state index contributed by atoms with van der Waals surface area (Å²) in [7, 11) is 0. The second-order valence-corrected chi connectivity index (χ2v) is 7.86. The number of ether oxygens (including phenoxy) is 1. The summed E-state index contributed by atoms with van der Waals surface area (Å²) in [6, 6.07) is 18.1. The van der Waals surface area contributed by atoms with Crippen molar-refractivity contribution in [3.05, 3.63) is 71.9 Å². The van der Waals surface area contributed by atoms with E-state index >= 15 is 0 Å². The maximum atomic E-state index is 11.6. The molecule has 6 nitrogen and oxygen atoms in total. The second kappa shape index (κ2) is 8.41. The van der Waals surface area contributed by atoms with E-state index in [1.54, 1.807) is 13.1 Å². The molecule has 0 bridgehead atoms. The zero-order valence-electron chi connectivity index (χ0n) is 17.5. The number of hydrogen-bond donors (Lipinski definition) is 1. The number of Topliss-reactive ketones (excluding diaryl/α,β-unsaturated/α-hetero) is 1. The molecule has 0 spiro atoms. The van der Waals surface area contributed by atoms with Crippen LogP contribution in [0.3, 0.4) is 0 Å². The zero-order chi connectivity index (χ0) is 21.2. The van der Waals surface area contributed by atoms with E-state index < -0.39 is 0 Å². The van der Waals surface area contributed by atoms with Crippen LogP contribution in [0.1, 0.15) is 22.8 Å². The van der Waals surface area contributed by atoms with Crippen LogP contribution in [0.5, 0.6) is 0 Å². The van der Waals surface area contributed by atoms with Gasteiger partial charge in [0.25, 0.3) is 0 Å². The number of fused-ring (bicyclic) bond motifs is 1. The van der Waals surface area contributed by atoms with Gasteiger partial charge >= 0.3 is 0 Å². The van der Waals surface area contributed by atoms with Crippen molar-refractivity contribution in [2.75, 3.05) is 26.3 Å². The first-order chi connectivity index (χ1) is 15.2. The third kappa shape index (κ3) is 4.13. The first-order valence-electron chi connectivity index (χ1n) is 10.5. The highest BCUT2D eigenvalue weighted by atomic mass is 16.5. The van der Waals surface area contributed by atoms with Gasteiger partial charge in [-0.1, -0.05) is 48.5 Å². The molecule has 3 heterocycles. The number of pyridine rings is 1. The van der Waals surface area contributed by atoms with Crippen molar-refractivity contribution < 1.29 is 9.53 Å². The predicted octanol–water partition coefficient (Wildman–Crippen LogP) is 4.33. The summed E-state index contributed by atoms with van der Waals surface area (Å²) < 4.78 is 5.43. The lowest BCUT2D eigenvalue weighted by Crippen LogP contribution is -2.35. The number of morpholine rings is 1. The van der Waals surface area contributed by atoms with Gasteiger partial charge in [0, 0.05) is 42.5 Å². The lowest BCUT2D eigenvalue weighted by atomic mass is 10.0. The number of imidazole rings is 1. The number of H-pyrrole nitrogens is 1. The summed E-state index contributed by atoms with van der Waals surface area (Å²) in [6.45, 7) is 6.09. The van der Waals surface area contributed by atoms with Crippen LogP contribution in [-0.4, -0.2) is 51.9 Å². The van der Waals surface area contributed by atoms with Gasteiger partial charge < -0.3 is 9.72 Å². The van der Waals surface area contributed by atoms with Crippen molar-refractivity contribution in [3.8, 4) is 22.5 Å². The number of carbonyl (C=O) groups is 1. The van der Waals surface area contributed by atoms with Crippen molar-refractivity contribution >= 4 is 16.9 Å². The third-order valence-corrected chi connectivity index (χ3v) is 5.72. The van der Waals surface area contributed by atoms with Crippen molar-refractivity contribution in [1.29, 1.82) is 0 Å². The molecule has 0 radical (unpaired) electrons. The van der Waals surface area contributed by atoms with Gasteiger partial charge in [-0.3, -0.25) is 9.69 Å². The van der Waals surface area contributed by atoms with Gasteiger partial charge in [-0.2, -0.15) is 0 Å². The Morgan fingerprint density at radius 2 is 1.71 bits per heavy atom. The highest BCUT2D eigenvalue weighted by molar-refractivity contribution is 5.96. The van der Waals surface area contributed by atoms with E-state index in [1.165, 1.54) is 5.56 Å². The number of nitrogens with one attached hydrogen (secondary N) is 1. The lowest BCUT2D eigenvalue weighted by molar-refractivity contribution is 0.0342. The van der Waals surface area contributed by atoms with E-state index in [1.807, 2.05) is 30.3 Å². The first kappa shape index (κ1) is 19.6. The number of hydrogen-bond acceptors (Lipinski definition) is 5. The number of benzene rings is 2. The summed E-state index contributed by atoms with van der Waals surface area (Å²) in [4.78, 5) is 26.6. The van der Waals surface area contributed by atoms with E-state index in [9.17, 15) is 4.79 Å². The molecule has 4 aromatic rings. The minimum atomic E-state index is 0.0607. The van der Waals surface area contributed by atoms with Crippen molar-refractivity contribution in [1.82, 2.24) is 19.9 Å². The smallest absolute Gasteiger partial charge is 0.159 e. The molecule has 1 aliphatic heterocycles. The molecule has 6 heteroatoms. The normalized spacial score (nSPS) is 14.7. The fourth-order valence-electron chi connectivity index (χ4n) is 3.95. The monoisotopic (exact) mass is 412 g/mol. The Hall–Kier alpha value is -3.35. The topological polar surface area (TPSA) is 71.1 Å². The maximum Gasteiger partial charge on any atom is 0.159 e. The number of aromatic nitrogens is 3. The minimum Gasteiger partial charge on any atom is -0.379 e. The maximum absolute atomic E-state index is 11.6. The highest BCUT2D eigenvalue weighted by Crippen LogP contribution is 2.29. The van der Waals surface area contributed by atoms with Crippen LogP contribution in [0.2, 0.25) is 0 Å². The number of aromatic amines is 1. The standard InChI is InChI=1S/C25H24N4O2/c1-17(30)19-6-8-20(9-7-19)22-10-11-26-25-23(22)27-24(28-25)21-4-2-18(3-5-21)16-29-12-14-31-15-13-29/h2-11H,12-16H2,1H3,(H,26,27,28). The molecule has 2 aromatic carbocycles. The van der Waals surface area contributed by atoms with Crippen molar-refractivity contribution in [3.63, 3.8) is 0 Å². The molecule has 1 saturated heterocycles. The Morgan fingerprint density at radius 3 is 2.42 bits per heavy atom. The Labute approximate surface area is 180 Å². The molecule has 1 aliphatic rings. The summed E-state index contributed by atoms with van der Waals surface area (Å²) in [5, 5.41) is 0. The van der Waals surface area contributed by atoms with Gasteiger partial charge in [0.15, 0.2) is 11.4 Å². The van der Waals surface area contributed by atoms with Crippen LogP contribution < -0.4 is 0 Å². The van der Waals surface area contributed by atoms with Gasteiger partial charge in [0.05, 0.1) is 13.2 Å². The van der Waals surface area contributed by atoms with Crippen LogP contribution in [0.15, 0.2) is 60.8 Å². The van der Waals surface area contributed by atoms with Crippen molar-refractivity contribution in [2.24, 2.45) is 0 Å². The fraction of sp³-hybridized carbons (Fsp3) is 0.240. The molecule has 0 aliphatic carbocycles. The molecule has 0 unspecified atom stereocenters. The highest BCUT2D eigenvalue weighted by Gasteiger charge is 2.13. The largest absolute Gasteiger partial charge is 0.379 e. The van der Waals surface area contributed by atoms with Gasteiger partial charge in [-0.05, 0) is 24.1 Å². The minimum absolute atomic E-state index is 0.0607. The summed E-state index contributed by atoms with van der Waals surface area (Å²) >= 11 is 0. The van der Waals surface area contributed by atoms with Crippen LogP contribution in [0.25, 0.3) is 33.7 Å². The van der Waals surface area contributed by atoms with Crippen LogP contribution in [0, 0.1) is 0 Å². The molecule has 1 fully saturated rings. The average Bonchev–Trinajstić information content (AvgIpc) is 3.25. The predicted molar refractivity (Wildman–Crippen MR) is 121 cm³/mol. The molecule has 5 rings (SSSR count). The Bertz CT molecular complexity index is 1210. The van der Waals surface area contributed by atoms with E-state index in [0.29, 0.717) is 5.56 Å². The van der Waals surface area contributed by atoms with Crippen LogP contribution >= 0.6 is 0 Å². The molecule has 0 saturated carbocycles. The zero-order valence-corrected chi connectivity index (χ0v) is 17.5. The molecular weight excluding hydrogens is 388 g/mol. The van der Waals surface area contributed by atoms with E-state index in [2.05, 4.69) is 39.1 Å². The Morgan fingerprint density at radius 1 is 1.00 bits per heavy atom. The van der Waals surface area contributed by atoms with Crippen LogP contribution in [-0.2, 0) is 11.3 Å².